The lowest BCUT2D eigenvalue weighted by atomic mass is 10.2. The zero-order valence-corrected chi connectivity index (χ0v) is 6.66. The molecule has 0 radical (unpaired) electrons. The molecule has 0 atom stereocenters. The highest BCUT2D eigenvalue weighted by atomic mass is 16.3. The van der Waals surface area contributed by atoms with Gasteiger partial charge in [0.1, 0.15) is 5.69 Å². The maximum atomic E-state index is 10.3. The number of nitroso groups, excluding NO2 is 1. The predicted octanol–water partition coefficient (Wildman–Crippen LogP) is 2.11. The number of hydrogen-bond acceptors (Lipinski definition) is 3. The number of benzene rings is 1. The highest BCUT2D eigenvalue weighted by Gasteiger charge is 2.00. The fourth-order valence-electron chi connectivity index (χ4n) is 0.908. The Morgan fingerprint density at radius 3 is 2.83 bits per heavy atom. The van der Waals surface area contributed by atoms with Gasteiger partial charge < -0.3 is 5.32 Å². The summed E-state index contributed by atoms with van der Waals surface area (Å²) in [6.45, 7) is 0. The maximum absolute atomic E-state index is 10.3. The molecule has 0 amide bonds. The maximum Gasteiger partial charge on any atom is 0.132 e. The summed E-state index contributed by atoms with van der Waals surface area (Å²) >= 11 is 0. The van der Waals surface area contributed by atoms with Crippen molar-refractivity contribution in [2.75, 3.05) is 12.4 Å². The summed E-state index contributed by atoms with van der Waals surface area (Å²) in [4.78, 5) is 10.3. The average Bonchev–Trinajstić information content (AvgIpc) is 2.16. The molecule has 0 aliphatic heterocycles. The minimum absolute atomic E-state index is 0.341. The van der Waals surface area contributed by atoms with Gasteiger partial charge in [-0.1, -0.05) is 5.92 Å². The first-order valence-electron chi connectivity index (χ1n) is 3.43. The number of nitrogens with one attached hydrogen (secondary N) is 1. The van der Waals surface area contributed by atoms with Crippen molar-refractivity contribution in [2.45, 2.75) is 0 Å². The van der Waals surface area contributed by atoms with Crippen LogP contribution in [0.15, 0.2) is 23.4 Å². The first-order chi connectivity index (χ1) is 5.81. The monoisotopic (exact) mass is 160 g/mol. The summed E-state index contributed by atoms with van der Waals surface area (Å²) in [6, 6.07) is 5.05. The molecule has 0 spiro atoms. The van der Waals surface area contributed by atoms with Gasteiger partial charge in [0.25, 0.3) is 0 Å². The summed E-state index contributed by atoms with van der Waals surface area (Å²) in [5.41, 5.74) is 1.68. The second-order valence-electron chi connectivity index (χ2n) is 2.22. The number of hydrogen-bond donors (Lipinski definition) is 1. The lowest BCUT2D eigenvalue weighted by Gasteiger charge is -2.01. The molecule has 3 nitrogen and oxygen atoms in total. The Morgan fingerprint density at radius 1 is 1.58 bits per heavy atom. The minimum atomic E-state index is 0.341. The molecule has 0 heterocycles. The molecule has 0 bridgehead atoms. The third-order valence-electron chi connectivity index (χ3n) is 1.53. The standard InChI is InChI=1S/C9H8N2O/c1-3-7-4-5-8(10-2)9(6-7)11-12/h1,4-6,10H,2H3. The van der Waals surface area contributed by atoms with Crippen LogP contribution in [-0.4, -0.2) is 7.05 Å². The van der Waals surface area contributed by atoms with Crippen LogP contribution in [0.2, 0.25) is 0 Å². The Kier molecular flexibility index (Phi) is 2.44. The molecule has 1 rings (SSSR count). The summed E-state index contributed by atoms with van der Waals surface area (Å²) in [6.07, 6.45) is 5.15. The first-order valence-corrected chi connectivity index (χ1v) is 3.43. The Bertz CT molecular complexity index is 339. The van der Waals surface area contributed by atoms with E-state index in [4.69, 9.17) is 6.42 Å². The van der Waals surface area contributed by atoms with E-state index in [1.807, 2.05) is 0 Å². The molecule has 3 heteroatoms. The molecular weight excluding hydrogens is 152 g/mol. The summed E-state index contributed by atoms with van der Waals surface area (Å²) in [5.74, 6) is 2.43. The van der Waals surface area contributed by atoms with E-state index in [1.54, 1.807) is 25.2 Å². The van der Waals surface area contributed by atoms with Crippen molar-refractivity contribution in [3.8, 4) is 12.3 Å². The minimum Gasteiger partial charge on any atom is -0.386 e. The van der Waals surface area contributed by atoms with E-state index in [0.717, 1.165) is 0 Å². The SMILES string of the molecule is C#Cc1ccc(NC)c(N=O)c1. The van der Waals surface area contributed by atoms with Crippen LogP contribution in [0.5, 0.6) is 0 Å². The summed E-state index contributed by atoms with van der Waals surface area (Å²) in [7, 11) is 1.72. The van der Waals surface area contributed by atoms with Crippen molar-refractivity contribution in [3.63, 3.8) is 0 Å². The Morgan fingerprint density at radius 2 is 2.33 bits per heavy atom. The van der Waals surface area contributed by atoms with Gasteiger partial charge >= 0.3 is 0 Å². The Hall–Kier alpha value is -1.82. The number of nitrogens with zero attached hydrogens (tertiary/aromatic N) is 1. The van der Waals surface area contributed by atoms with Gasteiger partial charge in [0.2, 0.25) is 0 Å². The predicted molar refractivity (Wildman–Crippen MR) is 49.4 cm³/mol. The van der Waals surface area contributed by atoms with E-state index in [0.29, 0.717) is 16.9 Å². The van der Waals surface area contributed by atoms with Crippen LogP contribution in [0.3, 0.4) is 0 Å². The highest BCUT2D eigenvalue weighted by Crippen LogP contribution is 2.24. The molecule has 1 aromatic rings. The van der Waals surface area contributed by atoms with E-state index >= 15 is 0 Å². The van der Waals surface area contributed by atoms with Gasteiger partial charge in [-0.3, -0.25) is 0 Å². The van der Waals surface area contributed by atoms with E-state index in [9.17, 15) is 4.91 Å². The van der Waals surface area contributed by atoms with Gasteiger partial charge in [-0.15, -0.1) is 11.3 Å². The van der Waals surface area contributed by atoms with Gasteiger partial charge in [0.05, 0.1) is 5.69 Å². The van der Waals surface area contributed by atoms with Crippen LogP contribution in [0.1, 0.15) is 5.56 Å². The third kappa shape index (κ3) is 1.43. The smallest absolute Gasteiger partial charge is 0.132 e. The van der Waals surface area contributed by atoms with E-state index in [1.165, 1.54) is 0 Å². The molecule has 0 saturated heterocycles. The van der Waals surface area contributed by atoms with Crippen molar-refractivity contribution in [1.82, 2.24) is 0 Å². The molecule has 0 aliphatic rings. The molecule has 60 valence electrons. The highest BCUT2D eigenvalue weighted by molar-refractivity contribution is 5.67. The van der Waals surface area contributed by atoms with Crippen LogP contribution in [0, 0.1) is 17.3 Å². The molecule has 12 heavy (non-hydrogen) atoms. The van der Waals surface area contributed by atoms with Crippen LogP contribution in [-0.2, 0) is 0 Å². The van der Waals surface area contributed by atoms with Crippen molar-refractivity contribution in [2.24, 2.45) is 5.18 Å². The molecule has 1 aromatic carbocycles. The van der Waals surface area contributed by atoms with Crippen LogP contribution in [0.25, 0.3) is 0 Å². The van der Waals surface area contributed by atoms with Crippen molar-refractivity contribution >= 4 is 11.4 Å². The fourth-order valence-corrected chi connectivity index (χ4v) is 0.908. The average molecular weight is 160 g/mol. The number of anilines is 1. The fraction of sp³-hybridized carbons (Fsp3) is 0.111. The molecule has 1 N–H and O–H groups in total. The van der Waals surface area contributed by atoms with Crippen molar-refractivity contribution in [1.29, 1.82) is 0 Å². The number of rotatable bonds is 2. The lowest BCUT2D eigenvalue weighted by Crippen LogP contribution is -1.88. The molecule has 0 aliphatic carbocycles. The van der Waals surface area contributed by atoms with Gasteiger partial charge in [0, 0.05) is 12.6 Å². The zero-order chi connectivity index (χ0) is 8.97. The van der Waals surface area contributed by atoms with Gasteiger partial charge in [-0.2, -0.15) is 0 Å². The topological polar surface area (TPSA) is 41.5 Å². The van der Waals surface area contributed by atoms with E-state index in [2.05, 4.69) is 16.4 Å². The van der Waals surface area contributed by atoms with Crippen molar-refractivity contribution < 1.29 is 0 Å². The number of terminal acetylenes is 1. The van der Waals surface area contributed by atoms with E-state index in [-0.39, 0.29) is 0 Å². The van der Waals surface area contributed by atoms with Crippen LogP contribution >= 0.6 is 0 Å². The second kappa shape index (κ2) is 3.54. The first kappa shape index (κ1) is 8.28. The van der Waals surface area contributed by atoms with E-state index < -0.39 is 0 Å². The largest absolute Gasteiger partial charge is 0.386 e. The lowest BCUT2D eigenvalue weighted by molar-refractivity contribution is 1.43. The zero-order valence-electron chi connectivity index (χ0n) is 6.66. The third-order valence-corrected chi connectivity index (χ3v) is 1.53. The Balaban J connectivity index is 3.21. The normalized spacial score (nSPS) is 8.67. The molecular formula is C9H8N2O. The quantitative estimate of drug-likeness (QED) is 0.531. The second-order valence-corrected chi connectivity index (χ2v) is 2.22. The van der Waals surface area contributed by atoms with Crippen LogP contribution < -0.4 is 5.32 Å². The summed E-state index contributed by atoms with van der Waals surface area (Å²) in [5, 5.41) is 5.68. The Labute approximate surface area is 70.8 Å². The van der Waals surface area contributed by atoms with Crippen LogP contribution in [0.4, 0.5) is 11.4 Å². The van der Waals surface area contributed by atoms with Gasteiger partial charge in [-0.25, -0.2) is 0 Å². The molecule has 0 aromatic heterocycles. The van der Waals surface area contributed by atoms with Crippen molar-refractivity contribution in [3.05, 3.63) is 28.7 Å². The molecule has 0 saturated carbocycles. The molecule has 0 unspecified atom stereocenters. The summed E-state index contributed by atoms with van der Waals surface area (Å²) < 4.78 is 0. The van der Waals surface area contributed by atoms with Gasteiger partial charge in [-0.05, 0) is 23.4 Å². The van der Waals surface area contributed by atoms with Gasteiger partial charge in [0.15, 0.2) is 0 Å². The molecule has 0 fully saturated rings.